The first kappa shape index (κ1) is 20.7. The van der Waals surface area contributed by atoms with E-state index in [0.717, 1.165) is 17.7 Å². The van der Waals surface area contributed by atoms with Crippen LogP contribution in [-0.4, -0.2) is 28.2 Å². The zero-order valence-electron chi connectivity index (χ0n) is 15.2. The van der Waals surface area contributed by atoms with E-state index in [4.69, 9.17) is 9.47 Å². The molecule has 0 saturated heterocycles. The lowest BCUT2D eigenvalue weighted by Crippen LogP contribution is -2.25. The molecule has 7 heteroatoms. The van der Waals surface area contributed by atoms with Crippen molar-refractivity contribution >= 4 is 26.0 Å². The van der Waals surface area contributed by atoms with Gasteiger partial charge in [0.25, 0.3) is 0 Å². The molecule has 0 fully saturated rings. The molecule has 2 aromatic rings. The molecule has 0 aromatic heterocycles. The van der Waals surface area contributed by atoms with Crippen molar-refractivity contribution < 1.29 is 17.9 Å². The first-order valence-corrected chi connectivity index (χ1v) is 10.7. The third-order valence-corrected chi connectivity index (χ3v) is 5.74. The van der Waals surface area contributed by atoms with Crippen LogP contribution >= 0.6 is 15.9 Å². The number of aryl methyl sites for hydroxylation is 1. The number of hydrogen-bond acceptors (Lipinski definition) is 4. The molecule has 26 heavy (non-hydrogen) atoms. The molecule has 0 spiro atoms. The molecule has 0 unspecified atom stereocenters. The Balaban J connectivity index is 1.85. The van der Waals surface area contributed by atoms with Gasteiger partial charge in [-0.15, -0.1) is 0 Å². The summed E-state index contributed by atoms with van der Waals surface area (Å²) in [5, 5.41) is 0. The standard InChI is InChI=1S/C19H24BrNO4S/c1-14(2)25-16-8-6-15(7-9-16)5-4-12-21-26(22,23)17-10-11-19(24-3)18(20)13-17/h6-11,13-14,21H,4-5,12H2,1-3H3. The zero-order valence-corrected chi connectivity index (χ0v) is 17.6. The number of halogens is 1. The van der Waals surface area contributed by atoms with Gasteiger partial charge in [-0.25, -0.2) is 13.1 Å². The van der Waals surface area contributed by atoms with Gasteiger partial charge in [-0.3, -0.25) is 0 Å². The second-order valence-electron chi connectivity index (χ2n) is 6.11. The van der Waals surface area contributed by atoms with Gasteiger partial charge in [-0.05, 0) is 78.5 Å². The number of benzene rings is 2. The van der Waals surface area contributed by atoms with Crippen molar-refractivity contribution in [3.8, 4) is 11.5 Å². The summed E-state index contributed by atoms with van der Waals surface area (Å²) < 4.78 is 38.7. The van der Waals surface area contributed by atoms with E-state index in [0.29, 0.717) is 23.2 Å². The molecule has 0 saturated carbocycles. The SMILES string of the molecule is COc1ccc(S(=O)(=O)NCCCc2ccc(OC(C)C)cc2)cc1Br. The van der Waals surface area contributed by atoms with Gasteiger partial charge in [0.15, 0.2) is 0 Å². The van der Waals surface area contributed by atoms with E-state index in [-0.39, 0.29) is 11.0 Å². The van der Waals surface area contributed by atoms with Crippen LogP contribution in [0.1, 0.15) is 25.8 Å². The third kappa shape index (κ3) is 6.00. The van der Waals surface area contributed by atoms with Gasteiger partial charge in [0.2, 0.25) is 10.0 Å². The van der Waals surface area contributed by atoms with Crippen molar-refractivity contribution in [3.63, 3.8) is 0 Å². The topological polar surface area (TPSA) is 64.6 Å². The van der Waals surface area contributed by atoms with Crippen LogP contribution in [0.25, 0.3) is 0 Å². The molecule has 0 heterocycles. The molecule has 1 N–H and O–H groups in total. The molecule has 0 bridgehead atoms. The Morgan fingerprint density at radius 2 is 1.81 bits per heavy atom. The van der Waals surface area contributed by atoms with Crippen LogP contribution in [0.3, 0.4) is 0 Å². The fourth-order valence-corrected chi connectivity index (χ4v) is 4.20. The number of nitrogens with one attached hydrogen (secondary N) is 1. The van der Waals surface area contributed by atoms with Crippen molar-refractivity contribution in [1.82, 2.24) is 4.72 Å². The lowest BCUT2D eigenvalue weighted by molar-refractivity contribution is 0.242. The minimum absolute atomic E-state index is 0.147. The van der Waals surface area contributed by atoms with Crippen molar-refractivity contribution in [2.45, 2.75) is 37.7 Å². The molecule has 0 aliphatic carbocycles. The van der Waals surface area contributed by atoms with E-state index in [1.807, 2.05) is 38.1 Å². The summed E-state index contributed by atoms with van der Waals surface area (Å²) in [6.45, 7) is 4.35. The zero-order chi connectivity index (χ0) is 19.2. The number of hydrogen-bond donors (Lipinski definition) is 1. The maximum atomic E-state index is 12.4. The molecule has 142 valence electrons. The number of sulfonamides is 1. The lowest BCUT2D eigenvalue weighted by Gasteiger charge is -2.11. The van der Waals surface area contributed by atoms with Crippen LogP contribution in [-0.2, 0) is 16.4 Å². The summed E-state index contributed by atoms with van der Waals surface area (Å²) in [5.41, 5.74) is 1.15. The van der Waals surface area contributed by atoms with E-state index in [9.17, 15) is 8.42 Å². The predicted molar refractivity (Wildman–Crippen MR) is 106 cm³/mol. The van der Waals surface area contributed by atoms with Crippen molar-refractivity contribution in [2.24, 2.45) is 0 Å². The van der Waals surface area contributed by atoms with Gasteiger partial charge in [-0.1, -0.05) is 12.1 Å². The van der Waals surface area contributed by atoms with Crippen LogP contribution in [0.4, 0.5) is 0 Å². The van der Waals surface area contributed by atoms with E-state index in [1.54, 1.807) is 6.07 Å². The maximum Gasteiger partial charge on any atom is 0.240 e. The van der Waals surface area contributed by atoms with E-state index < -0.39 is 10.0 Å². The summed E-state index contributed by atoms with van der Waals surface area (Å²) in [5.74, 6) is 1.43. The van der Waals surface area contributed by atoms with Gasteiger partial charge in [0.1, 0.15) is 11.5 Å². The summed E-state index contributed by atoms with van der Waals surface area (Å²) in [6.07, 6.45) is 1.64. The Morgan fingerprint density at radius 3 is 2.38 bits per heavy atom. The van der Waals surface area contributed by atoms with Gasteiger partial charge in [0.05, 0.1) is 22.6 Å². The average molecular weight is 442 g/mol. The smallest absolute Gasteiger partial charge is 0.240 e. The molecular formula is C19H24BrNO4S. The molecule has 2 rings (SSSR count). The fourth-order valence-electron chi connectivity index (χ4n) is 2.40. The highest BCUT2D eigenvalue weighted by Gasteiger charge is 2.15. The van der Waals surface area contributed by atoms with Crippen molar-refractivity contribution in [3.05, 3.63) is 52.5 Å². The van der Waals surface area contributed by atoms with Crippen LogP contribution in [0.2, 0.25) is 0 Å². The highest BCUT2D eigenvalue weighted by molar-refractivity contribution is 9.10. The quantitative estimate of drug-likeness (QED) is 0.593. The van der Waals surface area contributed by atoms with Gasteiger partial charge in [0, 0.05) is 6.54 Å². The van der Waals surface area contributed by atoms with Gasteiger partial charge in [-0.2, -0.15) is 0 Å². The molecule has 0 amide bonds. The maximum absolute atomic E-state index is 12.4. The molecule has 0 atom stereocenters. The first-order chi connectivity index (χ1) is 12.3. The Labute approximate surface area is 163 Å². The summed E-state index contributed by atoms with van der Waals surface area (Å²) in [4.78, 5) is 0.209. The second kappa shape index (κ2) is 9.39. The minimum atomic E-state index is -3.54. The molecule has 0 aliphatic rings. The third-order valence-electron chi connectivity index (χ3n) is 3.66. The predicted octanol–water partition coefficient (Wildman–Crippen LogP) is 4.16. The Bertz CT molecular complexity index is 820. The number of rotatable bonds is 9. The monoisotopic (exact) mass is 441 g/mol. The Morgan fingerprint density at radius 1 is 1.12 bits per heavy atom. The normalized spacial score (nSPS) is 11.6. The molecule has 5 nitrogen and oxygen atoms in total. The summed E-state index contributed by atoms with van der Waals surface area (Å²) in [6, 6.07) is 12.6. The molecular weight excluding hydrogens is 418 g/mol. The Hall–Kier alpha value is -1.57. The van der Waals surface area contributed by atoms with E-state index in [2.05, 4.69) is 20.7 Å². The van der Waals surface area contributed by atoms with Gasteiger partial charge >= 0.3 is 0 Å². The summed E-state index contributed by atoms with van der Waals surface area (Å²) in [7, 11) is -2.00. The Kier molecular flexibility index (Phi) is 7.49. The molecule has 0 radical (unpaired) electrons. The van der Waals surface area contributed by atoms with Crippen LogP contribution in [0.5, 0.6) is 11.5 Å². The highest BCUT2D eigenvalue weighted by atomic mass is 79.9. The van der Waals surface area contributed by atoms with Crippen LogP contribution in [0.15, 0.2) is 51.8 Å². The van der Waals surface area contributed by atoms with E-state index >= 15 is 0 Å². The number of ether oxygens (including phenoxy) is 2. The fraction of sp³-hybridized carbons (Fsp3) is 0.368. The molecule has 0 aliphatic heterocycles. The van der Waals surface area contributed by atoms with Crippen LogP contribution < -0.4 is 14.2 Å². The van der Waals surface area contributed by atoms with E-state index in [1.165, 1.54) is 19.2 Å². The summed E-state index contributed by atoms with van der Waals surface area (Å²) >= 11 is 3.31. The molecule has 2 aromatic carbocycles. The van der Waals surface area contributed by atoms with Crippen molar-refractivity contribution in [1.29, 1.82) is 0 Å². The lowest BCUT2D eigenvalue weighted by atomic mass is 10.1. The minimum Gasteiger partial charge on any atom is -0.496 e. The van der Waals surface area contributed by atoms with Crippen molar-refractivity contribution in [2.75, 3.05) is 13.7 Å². The largest absolute Gasteiger partial charge is 0.496 e. The second-order valence-corrected chi connectivity index (χ2v) is 8.73. The average Bonchev–Trinajstić information content (AvgIpc) is 2.59. The highest BCUT2D eigenvalue weighted by Crippen LogP contribution is 2.27. The first-order valence-electron chi connectivity index (χ1n) is 8.40. The van der Waals surface area contributed by atoms with Gasteiger partial charge < -0.3 is 9.47 Å². The van der Waals surface area contributed by atoms with Crippen LogP contribution in [0, 0.1) is 0 Å². The number of methoxy groups -OCH3 is 1.